The Kier molecular flexibility index (Phi) is 4.08. The second-order valence-electron chi connectivity index (χ2n) is 2.64. The third-order valence-electron chi connectivity index (χ3n) is 1.55. The fraction of sp³-hybridized carbons (Fsp3) is 1.00. The van der Waals surface area contributed by atoms with E-state index in [1.807, 2.05) is 13.8 Å². The summed E-state index contributed by atoms with van der Waals surface area (Å²) >= 11 is 0. The van der Waals surface area contributed by atoms with E-state index < -0.39 is 12.3 Å². The lowest BCUT2D eigenvalue weighted by atomic mass is 10.4. The topological polar surface area (TPSA) is 57.2 Å². The van der Waals surface area contributed by atoms with Crippen LogP contribution in [0.5, 0.6) is 0 Å². The minimum atomic E-state index is -1.40. The molecule has 5 nitrogen and oxygen atoms in total. The van der Waals surface area contributed by atoms with E-state index in [1.165, 1.54) is 0 Å². The average molecular weight is 192 g/mol. The van der Waals surface area contributed by atoms with Crippen molar-refractivity contribution >= 4 is 0 Å². The number of aliphatic hydroxyl groups excluding tert-OH is 1. The Morgan fingerprint density at radius 2 is 1.69 bits per heavy atom. The zero-order valence-electron chi connectivity index (χ0n) is 7.99. The van der Waals surface area contributed by atoms with Gasteiger partial charge in [0.25, 0.3) is 0 Å². The molecule has 0 amide bonds. The van der Waals surface area contributed by atoms with Crippen molar-refractivity contribution in [3.8, 4) is 0 Å². The highest BCUT2D eigenvalue weighted by molar-refractivity contribution is 4.59. The van der Waals surface area contributed by atoms with Crippen LogP contribution < -0.4 is 0 Å². The lowest BCUT2D eigenvalue weighted by molar-refractivity contribution is -0.517. The predicted octanol–water partition coefficient (Wildman–Crippen LogP) is 0.0784. The molecule has 0 unspecified atom stereocenters. The van der Waals surface area contributed by atoms with E-state index >= 15 is 0 Å². The van der Waals surface area contributed by atoms with E-state index in [1.54, 1.807) is 0 Å². The molecule has 0 aliphatic carbocycles. The maximum atomic E-state index is 9.12. The summed E-state index contributed by atoms with van der Waals surface area (Å²) in [5, 5.41) is 9.12. The van der Waals surface area contributed by atoms with Crippen molar-refractivity contribution < 1.29 is 24.1 Å². The van der Waals surface area contributed by atoms with Crippen LogP contribution in [0, 0.1) is 0 Å². The van der Waals surface area contributed by atoms with Crippen molar-refractivity contribution in [3.05, 3.63) is 0 Å². The number of hydrogen-bond donors (Lipinski definition) is 1. The summed E-state index contributed by atoms with van der Waals surface area (Å²) in [6, 6.07) is 0. The summed E-state index contributed by atoms with van der Waals surface area (Å²) in [5.74, 6) is 0. The average Bonchev–Trinajstić information content (AvgIpc) is 2.11. The van der Waals surface area contributed by atoms with Crippen molar-refractivity contribution in [1.82, 2.24) is 0 Å². The Labute approximate surface area is 77.5 Å². The maximum Gasteiger partial charge on any atom is 0.412 e. The Hall–Kier alpha value is -0.200. The van der Waals surface area contributed by atoms with Crippen LogP contribution in [0.3, 0.4) is 0 Å². The molecule has 0 aromatic heterocycles. The van der Waals surface area contributed by atoms with E-state index in [9.17, 15) is 0 Å². The molecule has 1 rings (SSSR count). The van der Waals surface area contributed by atoms with Crippen LogP contribution in [-0.2, 0) is 18.9 Å². The molecule has 13 heavy (non-hydrogen) atoms. The fourth-order valence-corrected chi connectivity index (χ4v) is 1.05. The highest BCUT2D eigenvalue weighted by atomic mass is 17.0. The van der Waals surface area contributed by atoms with Gasteiger partial charge in [0.2, 0.25) is 0 Å². The summed E-state index contributed by atoms with van der Waals surface area (Å²) < 4.78 is 20.6. The summed E-state index contributed by atoms with van der Waals surface area (Å²) in [4.78, 5) is 0. The van der Waals surface area contributed by atoms with Gasteiger partial charge in [-0.15, -0.1) is 0 Å². The zero-order chi connectivity index (χ0) is 9.73. The molecular weight excluding hydrogens is 176 g/mol. The second kappa shape index (κ2) is 4.88. The molecule has 0 radical (unpaired) electrons. The molecule has 0 bridgehead atoms. The lowest BCUT2D eigenvalue weighted by Crippen LogP contribution is -2.50. The monoisotopic (exact) mass is 192 g/mol. The first kappa shape index (κ1) is 10.9. The van der Waals surface area contributed by atoms with Crippen molar-refractivity contribution in [3.63, 3.8) is 0 Å². The molecule has 1 aliphatic rings. The third-order valence-corrected chi connectivity index (χ3v) is 1.55. The highest BCUT2D eigenvalue weighted by Crippen LogP contribution is 2.21. The van der Waals surface area contributed by atoms with Gasteiger partial charge in [-0.2, -0.15) is 0 Å². The van der Waals surface area contributed by atoms with E-state index in [2.05, 4.69) is 0 Å². The normalized spacial score (nSPS) is 23.3. The van der Waals surface area contributed by atoms with Gasteiger partial charge in [-0.1, -0.05) is 0 Å². The van der Waals surface area contributed by atoms with Crippen LogP contribution in [-0.4, -0.2) is 43.8 Å². The molecule has 78 valence electrons. The summed E-state index contributed by atoms with van der Waals surface area (Å²) in [5.41, 5.74) is 0. The van der Waals surface area contributed by atoms with Gasteiger partial charge in [0.05, 0.1) is 26.4 Å². The van der Waals surface area contributed by atoms with Crippen LogP contribution in [0.2, 0.25) is 0 Å². The Bertz CT molecular complexity index is 133. The molecule has 1 saturated heterocycles. The molecule has 0 saturated carbocycles. The molecule has 1 heterocycles. The minimum absolute atomic E-state index is 0.167. The van der Waals surface area contributed by atoms with Crippen molar-refractivity contribution in [2.75, 3.05) is 26.4 Å². The van der Waals surface area contributed by atoms with Gasteiger partial charge in [0, 0.05) is 0 Å². The zero-order valence-corrected chi connectivity index (χ0v) is 7.99. The number of hydrogen-bond acceptors (Lipinski definition) is 5. The van der Waals surface area contributed by atoms with Crippen LogP contribution in [0.15, 0.2) is 0 Å². The number of rotatable bonds is 4. The first-order valence-corrected chi connectivity index (χ1v) is 4.46. The van der Waals surface area contributed by atoms with E-state index in [4.69, 9.17) is 24.1 Å². The van der Waals surface area contributed by atoms with Crippen molar-refractivity contribution in [2.24, 2.45) is 0 Å². The van der Waals surface area contributed by atoms with Crippen molar-refractivity contribution in [1.29, 1.82) is 0 Å². The molecule has 1 aliphatic heterocycles. The Balaban J connectivity index is 2.47. The highest BCUT2D eigenvalue weighted by Gasteiger charge is 2.39. The Morgan fingerprint density at radius 1 is 1.23 bits per heavy atom. The SMILES string of the molecule is CCOC1(OCC)OCC(O)CO1. The van der Waals surface area contributed by atoms with E-state index in [0.29, 0.717) is 13.2 Å². The van der Waals surface area contributed by atoms with Gasteiger partial charge in [-0.25, -0.2) is 0 Å². The Morgan fingerprint density at radius 3 is 2.08 bits per heavy atom. The maximum absolute atomic E-state index is 9.12. The minimum Gasteiger partial charge on any atom is -0.388 e. The molecule has 1 N–H and O–H groups in total. The smallest absolute Gasteiger partial charge is 0.388 e. The van der Waals surface area contributed by atoms with Gasteiger partial charge < -0.3 is 24.1 Å². The van der Waals surface area contributed by atoms with Crippen LogP contribution >= 0.6 is 0 Å². The fourth-order valence-electron chi connectivity index (χ4n) is 1.05. The van der Waals surface area contributed by atoms with Gasteiger partial charge in [-0.05, 0) is 13.8 Å². The van der Waals surface area contributed by atoms with E-state index in [0.717, 1.165) is 0 Å². The molecule has 0 spiro atoms. The summed E-state index contributed by atoms with van der Waals surface area (Å²) in [6.07, 6.45) is -2.00. The van der Waals surface area contributed by atoms with E-state index in [-0.39, 0.29) is 13.2 Å². The molecule has 0 atom stereocenters. The second-order valence-corrected chi connectivity index (χ2v) is 2.64. The first-order valence-electron chi connectivity index (χ1n) is 4.46. The molecule has 0 aromatic carbocycles. The quantitative estimate of drug-likeness (QED) is 0.639. The van der Waals surface area contributed by atoms with Crippen molar-refractivity contribution in [2.45, 2.75) is 26.1 Å². The standard InChI is InChI=1S/C8H16O5/c1-3-10-8(11-4-2)12-5-7(9)6-13-8/h7,9H,3-6H2,1-2H3. The number of aliphatic hydroxyl groups is 1. The summed E-state index contributed by atoms with van der Waals surface area (Å²) in [7, 11) is 0. The van der Waals surface area contributed by atoms with Gasteiger partial charge in [0.15, 0.2) is 0 Å². The van der Waals surface area contributed by atoms with Crippen LogP contribution in [0.25, 0.3) is 0 Å². The van der Waals surface area contributed by atoms with Crippen LogP contribution in [0.4, 0.5) is 0 Å². The summed E-state index contributed by atoms with van der Waals surface area (Å²) in [6.45, 7) is 4.82. The van der Waals surface area contributed by atoms with Crippen LogP contribution in [0.1, 0.15) is 13.8 Å². The van der Waals surface area contributed by atoms with Gasteiger partial charge in [-0.3, -0.25) is 0 Å². The number of ether oxygens (including phenoxy) is 4. The molecule has 1 fully saturated rings. The molecule has 0 aromatic rings. The molecule has 5 heteroatoms. The van der Waals surface area contributed by atoms with Gasteiger partial charge in [0.1, 0.15) is 6.10 Å². The largest absolute Gasteiger partial charge is 0.412 e. The first-order chi connectivity index (χ1) is 6.22. The lowest BCUT2D eigenvalue weighted by Gasteiger charge is -2.36. The molecular formula is C8H16O5. The van der Waals surface area contributed by atoms with Gasteiger partial charge >= 0.3 is 6.16 Å². The predicted molar refractivity (Wildman–Crippen MR) is 43.9 cm³/mol. The third kappa shape index (κ3) is 2.89.